The maximum absolute atomic E-state index is 5.33. The first-order valence-corrected chi connectivity index (χ1v) is 7.05. The molecule has 1 aromatic rings. The molecule has 0 fully saturated rings. The van der Waals surface area contributed by atoms with Crippen LogP contribution in [-0.2, 0) is 6.42 Å². The molecule has 0 aromatic carbocycles. The summed E-state index contributed by atoms with van der Waals surface area (Å²) in [5, 5.41) is 3.57. The van der Waals surface area contributed by atoms with Gasteiger partial charge in [0, 0.05) is 18.5 Å². The zero-order chi connectivity index (χ0) is 13.4. The van der Waals surface area contributed by atoms with Gasteiger partial charge in [0.15, 0.2) is 0 Å². The van der Waals surface area contributed by atoms with Gasteiger partial charge in [-0.25, -0.2) is 0 Å². The molecule has 0 bridgehead atoms. The monoisotopic (exact) mass is 252 g/mol. The van der Waals surface area contributed by atoms with Crippen LogP contribution in [0.25, 0.3) is 0 Å². The zero-order valence-corrected chi connectivity index (χ0v) is 12.3. The molecule has 1 aromatic heterocycles. The SMILES string of the molecule is CC(CCc1ccco1)NCCCN(C)C(C)C. The largest absolute Gasteiger partial charge is 0.469 e. The van der Waals surface area contributed by atoms with Crippen LogP contribution in [0.3, 0.4) is 0 Å². The van der Waals surface area contributed by atoms with Gasteiger partial charge in [-0.15, -0.1) is 0 Å². The van der Waals surface area contributed by atoms with Gasteiger partial charge >= 0.3 is 0 Å². The molecule has 1 heterocycles. The lowest BCUT2D eigenvalue weighted by Gasteiger charge is -2.21. The second-order valence-corrected chi connectivity index (χ2v) is 5.40. The molecular formula is C15H28N2O. The highest BCUT2D eigenvalue weighted by molar-refractivity contribution is 4.98. The van der Waals surface area contributed by atoms with Gasteiger partial charge in [0.1, 0.15) is 5.76 Å². The second-order valence-electron chi connectivity index (χ2n) is 5.40. The predicted molar refractivity (Wildman–Crippen MR) is 76.9 cm³/mol. The third kappa shape index (κ3) is 6.22. The number of hydrogen-bond donors (Lipinski definition) is 1. The van der Waals surface area contributed by atoms with E-state index in [2.05, 4.69) is 38.0 Å². The molecule has 0 spiro atoms. The standard InChI is InChI=1S/C15H28N2O/c1-13(2)17(4)11-6-10-16-14(3)8-9-15-7-5-12-18-15/h5,7,12-14,16H,6,8-11H2,1-4H3. The Kier molecular flexibility index (Phi) is 7.06. The van der Waals surface area contributed by atoms with Crippen molar-refractivity contribution in [2.75, 3.05) is 20.1 Å². The molecule has 1 rings (SSSR count). The minimum Gasteiger partial charge on any atom is -0.469 e. The number of aryl methyl sites for hydroxylation is 1. The van der Waals surface area contributed by atoms with Crippen molar-refractivity contribution in [1.82, 2.24) is 10.2 Å². The third-order valence-corrected chi connectivity index (χ3v) is 3.47. The first-order chi connectivity index (χ1) is 8.59. The van der Waals surface area contributed by atoms with Crippen molar-refractivity contribution < 1.29 is 4.42 Å². The van der Waals surface area contributed by atoms with E-state index in [1.165, 1.54) is 6.42 Å². The fraction of sp³-hybridized carbons (Fsp3) is 0.733. The quantitative estimate of drug-likeness (QED) is 0.685. The Morgan fingerprint density at radius 1 is 1.33 bits per heavy atom. The van der Waals surface area contributed by atoms with Crippen LogP contribution in [0.1, 0.15) is 39.4 Å². The van der Waals surface area contributed by atoms with Gasteiger partial charge in [0.2, 0.25) is 0 Å². The third-order valence-electron chi connectivity index (χ3n) is 3.47. The van der Waals surface area contributed by atoms with Gasteiger partial charge < -0.3 is 14.6 Å². The normalized spacial score (nSPS) is 13.4. The Bertz CT molecular complexity index is 295. The van der Waals surface area contributed by atoms with E-state index in [1.54, 1.807) is 6.26 Å². The minimum absolute atomic E-state index is 0.555. The van der Waals surface area contributed by atoms with Crippen LogP contribution >= 0.6 is 0 Å². The van der Waals surface area contributed by atoms with E-state index in [4.69, 9.17) is 4.42 Å². The minimum atomic E-state index is 0.555. The number of nitrogens with zero attached hydrogens (tertiary/aromatic N) is 1. The summed E-state index contributed by atoms with van der Waals surface area (Å²) in [6, 6.07) is 5.19. The molecule has 1 atom stereocenters. The summed E-state index contributed by atoms with van der Waals surface area (Å²) < 4.78 is 5.33. The van der Waals surface area contributed by atoms with Gasteiger partial charge in [0.25, 0.3) is 0 Å². The first kappa shape index (κ1) is 15.3. The predicted octanol–water partition coefficient (Wildman–Crippen LogP) is 2.92. The topological polar surface area (TPSA) is 28.4 Å². The summed E-state index contributed by atoms with van der Waals surface area (Å²) in [5.74, 6) is 1.09. The van der Waals surface area contributed by atoms with Crippen LogP contribution in [0.4, 0.5) is 0 Å². The van der Waals surface area contributed by atoms with Crippen molar-refractivity contribution in [3.63, 3.8) is 0 Å². The highest BCUT2D eigenvalue weighted by atomic mass is 16.3. The zero-order valence-electron chi connectivity index (χ0n) is 12.3. The molecule has 0 saturated carbocycles. The van der Waals surface area contributed by atoms with E-state index in [0.29, 0.717) is 12.1 Å². The van der Waals surface area contributed by atoms with Gasteiger partial charge in [-0.3, -0.25) is 0 Å². The molecular weight excluding hydrogens is 224 g/mol. The van der Waals surface area contributed by atoms with Gasteiger partial charge in [-0.1, -0.05) is 0 Å². The Morgan fingerprint density at radius 3 is 2.72 bits per heavy atom. The van der Waals surface area contributed by atoms with Gasteiger partial charge in [-0.2, -0.15) is 0 Å². The molecule has 3 nitrogen and oxygen atoms in total. The van der Waals surface area contributed by atoms with Gasteiger partial charge in [0.05, 0.1) is 6.26 Å². The van der Waals surface area contributed by atoms with E-state index < -0.39 is 0 Å². The van der Waals surface area contributed by atoms with Crippen molar-refractivity contribution in [3.05, 3.63) is 24.2 Å². The summed E-state index contributed by atoms with van der Waals surface area (Å²) in [6.45, 7) is 8.97. The molecule has 18 heavy (non-hydrogen) atoms. The van der Waals surface area contributed by atoms with Crippen LogP contribution in [0.2, 0.25) is 0 Å². The van der Waals surface area contributed by atoms with Crippen molar-refractivity contribution in [3.8, 4) is 0 Å². The van der Waals surface area contributed by atoms with Crippen molar-refractivity contribution >= 4 is 0 Å². The molecule has 0 aliphatic rings. The van der Waals surface area contributed by atoms with Crippen LogP contribution in [0, 0.1) is 0 Å². The summed E-state index contributed by atoms with van der Waals surface area (Å²) >= 11 is 0. The number of rotatable bonds is 9. The Hall–Kier alpha value is -0.800. The van der Waals surface area contributed by atoms with E-state index in [-0.39, 0.29) is 0 Å². The highest BCUT2D eigenvalue weighted by Crippen LogP contribution is 2.05. The fourth-order valence-corrected chi connectivity index (χ4v) is 1.85. The smallest absolute Gasteiger partial charge is 0.103 e. The average molecular weight is 252 g/mol. The molecule has 1 N–H and O–H groups in total. The van der Waals surface area contributed by atoms with E-state index in [9.17, 15) is 0 Å². The van der Waals surface area contributed by atoms with E-state index >= 15 is 0 Å². The van der Waals surface area contributed by atoms with Crippen molar-refractivity contribution in [2.24, 2.45) is 0 Å². The summed E-state index contributed by atoms with van der Waals surface area (Å²) in [7, 11) is 2.19. The molecule has 0 radical (unpaired) electrons. The lowest BCUT2D eigenvalue weighted by atomic mass is 10.1. The lowest BCUT2D eigenvalue weighted by Crippen LogP contribution is -2.32. The fourth-order valence-electron chi connectivity index (χ4n) is 1.85. The van der Waals surface area contributed by atoms with Crippen LogP contribution in [-0.4, -0.2) is 37.1 Å². The van der Waals surface area contributed by atoms with Crippen molar-refractivity contribution in [1.29, 1.82) is 0 Å². The van der Waals surface area contributed by atoms with Crippen molar-refractivity contribution in [2.45, 2.75) is 52.1 Å². The first-order valence-electron chi connectivity index (χ1n) is 7.05. The number of furan rings is 1. The van der Waals surface area contributed by atoms with Crippen LogP contribution in [0.5, 0.6) is 0 Å². The number of hydrogen-bond acceptors (Lipinski definition) is 3. The average Bonchev–Trinajstić information content (AvgIpc) is 2.84. The Labute approximate surface area is 112 Å². The second kappa shape index (κ2) is 8.33. The summed E-state index contributed by atoms with van der Waals surface area (Å²) in [6.07, 6.45) is 5.11. The van der Waals surface area contributed by atoms with E-state index in [1.807, 2.05) is 12.1 Å². The molecule has 1 unspecified atom stereocenters. The molecule has 0 amide bonds. The van der Waals surface area contributed by atoms with Crippen LogP contribution in [0.15, 0.2) is 22.8 Å². The summed E-state index contributed by atoms with van der Waals surface area (Å²) in [4.78, 5) is 2.38. The van der Waals surface area contributed by atoms with Gasteiger partial charge in [-0.05, 0) is 65.9 Å². The van der Waals surface area contributed by atoms with Crippen LogP contribution < -0.4 is 5.32 Å². The molecule has 0 saturated heterocycles. The maximum Gasteiger partial charge on any atom is 0.103 e. The number of nitrogens with one attached hydrogen (secondary N) is 1. The lowest BCUT2D eigenvalue weighted by molar-refractivity contribution is 0.267. The molecule has 0 aliphatic heterocycles. The Balaban J connectivity index is 2.01. The van der Waals surface area contributed by atoms with E-state index in [0.717, 1.165) is 31.7 Å². The maximum atomic E-state index is 5.33. The highest BCUT2D eigenvalue weighted by Gasteiger charge is 2.05. The molecule has 104 valence electrons. The Morgan fingerprint density at radius 2 is 2.11 bits per heavy atom. The molecule has 3 heteroatoms. The summed E-state index contributed by atoms with van der Waals surface area (Å²) in [5.41, 5.74) is 0. The molecule has 0 aliphatic carbocycles.